The van der Waals surface area contributed by atoms with Gasteiger partial charge < -0.3 is 26.1 Å². The van der Waals surface area contributed by atoms with Gasteiger partial charge in [-0.25, -0.2) is 19.7 Å². The van der Waals surface area contributed by atoms with Crippen LogP contribution in [0.3, 0.4) is 0 Å². The molecular weight excluding hydrogens is 398 g/mol. The van der Waals surface area contributed by atoms with E-state index in [2.05, 4.69) is 20.3 Å². The fourth-order valence-corrected chi connectivity index (χ4v) is 2.99. The minimum Gasteiger partial charge on any atom is -0.462 e. The number of carbonyl (C=O) groups excluding carboxylic acids is 2. The maximum Gasteiger partial charge on any atom is 0.338 e. The number of halogens is 1. The first kappa shape index (κ1) is 20.3. The molecule has 0 unspecified atom stereocenters. The SMILES string of the molecule is CCOC(=O)c1ccc2c(c1)nc(CNC(=O)c1nc(Cl)c(N)nc1N)n2CC. The van der Waals surface area contributed by atoms with Gasteiger partial charge in [0.1, 0.15) is 5.82 Å². The zero-order chi connectivity index (χ0) is 21.1. The van der Waals surface area contributed by atoms with E-state index in [0.29, 0.717) is 30.1 Å². The molecule has 0 bridgehead atoms. The molecule has 3 rings (SSSR count). The van der Waals surface area contributed by atoms with Crippen LogP contribution in [0.1, 0.15) is 40.5 Å². The largest absolute Gasteiger partial charge is 0.462 e. The molecule has 0 radical (unpaired) electrons. The molecule has 1 aromatic carbocycles. The molecule has 0 spiro atoms. The molecular formula is C18H20ClN7O3. The van der Waals surface area contributed by atoms with Crippen molar-refractivity contribution in [1.82, 2.24) is 24.8 Å². The van der Waals surface area contributed by atoms with Gasteiger partial charge in [0.05, 0.1) is 29.7 Å². The van der Waals surface area contributed by atoms with E-state index in [0.717, 1.165) is 5.52 Å². The third kappa shape index (κ3) is 4.06. The summed E-state index contributed by atoms with van der Waals surface area (Å²) in [5.41, 5.74) is 13.0. The lowest BCUT2D eigenvalue weighted by Gasteiger charge is -2.09. The fourth-order valence-electron chi connectivity index (χ4n) is 2.86. The molecule has 2 aromatic heterocycles. The monoisotopic (exact) mass is 417 g/mol. The van der Waals surface area contributed by atoms with Crippen molar-refractivity contribution >= 4 is 46.1 Å². The molecule has 0 saturated carbocycles. The number of rotatable bonds is 6. The van der Waals surface area contributed by atoms with Crippen molar-refractivity contribution in [3.63, 3.8) is 0 Å². The average molecular weight is 418 g/mol. The number of aryl methyl sites for hydroxylation is 1. The van der Waals surface area contributed by atoms with Gasteiger partial charge in [-0.1, -0.05) is 11.6 Å². The van der Waals surface area contributed by atoms with E-state index >= 15 is 0 Å². The van der Waals surface area contributed by atoms with E-state index in [1.165, 1.54) is 0 Å². The number of benzene rings is 1. The number of aromatic nitrogens is 4. The maximum absolute atomic E-state index is 12.4. The van der Waals surface area contributed by atoms with Crippen molar-refractivity contribution in [3.8, 4) is 0 Å². The predicted octanol–water partition coefficient (Wildman–Crippen LogP) is 1.77. The van der Waals surface area contributed by atoms with Crippen LogP contribution in [0.15, 0.2) is 18.2 Å². The number of nitrogen functional groups attached to an aromatic ring is 2. The third-order valence-corrected chi connectivity index (χ3v) is 4.46. The van der Waals surface area contributed by atoms with E-state index < -0.39 is 11.9 Å². The second kappa shape index (κ2) is 8.31. The molecule has 2 heterocycles. The standard InChI is InChI=1S/C18H20ClN7O3/c1-3-26-11-6-5-9(18(28)29-4-2)7-10(11)23-12(26)8-22-17(27)13-15(20)25-16(21)14(19)24-13/h5-7H,3-4,8H2,1-2H3,(H,22,27)(H4,20,21,25). The Bertz CT molecular complexity index is 1100. The molecule has 10 nitrogen and oxygen atoms in total. The van der Waals surface area contributed by atoms with Crippen LogP contribution in [-0.4, -0.2) is 38.0 Å². The fraction of sp³-hybridized carbons (Fsp3) is 0.278. The second-order valence-electron chi connectivity index (χ2n) is 6.01. The Balaban J connectivity index is 1.85. The lowest BCUT2D eigenvalue weighted by atomic mass is 10.2. The Morgan fingerprint density at radius 1 is 1.17 bits per heavy atom. The zero-order valence-electron chi connectivity index (χ0n) is 15.9. The number of nitrogens with zero attached hydrogens (tertiary/aromatic N) is 4. The van der Waals surface area contributed by atoms with Gasteiger partial charge >= 0.3 is 5.97 Å². The molecule has 0 saturated heterocycles. The number of esters is 1. The van der Waals surface area contributed by atoms with E-state index in [1.807, 2.05) is 11.5 Å². The highest BCUT2D eigenvalue weighted by Gasteiger charge is 2.18. The predicted molar refractivity (Wildman–Crippen MR) is 108 cm³/mol. The second-order valence-corrected chi connectivity index (χ2v) is 6.37. The number of fused-ring (bicyclic) bond motifs is 1. The maximum atomic E-state index is 12.4. The highest BCUT2D eigenvalue weighted by Crippen LogP contribution is 2.20. The van der Waals surface area contributed by atoms with Crippen molar-refractivity contribution < 1.29 is 14.3 Å². The van der Waals surface area contributed by atoms with Crippen LogP contribution < -0.4 is 16.8 Å². The van der Waals surface area contributed by atoms with Crippen LogP contribution >= 0.6 is 11.6 Å². The molecule has 0 aliphatic carbocycles. The number of hydrogen-bond acceptors (Lipinski definition) is 8. The van der Waals surface area contributed by atoms with Gasteiger partial charge in [0.2, 0.25) is 0 Å². The van der Waals surface area contributed by atoms with Crippen LogP contribution in [0.4, 0.5) is 11.6 Å². The molecule has 11 heteroatoms. The number of amides is 1. The van der Waals surface area contributed by atoms with Gasteiger partial charge in [-0.05, 0) is 32.0 Å². The van der Waals surface area contributed by atoms with Gasteiger partial charge in [-0.2, -0.15) is 0 Å². The van der Waals surface area contributed by atoms with Gasteiger partial charge in [-0.3, -0.25) is 4.79 Å². The van der Waals surface area contributed by atoms with Gasteiger partial charge in [0, 0.05) is 6.54 Å². The summed E-state index contributed by atoms with van der Waals surface area (Å²) in [6.45, 7) is 4.72. The Kier molecular flexibility index (Phi) is 5.83. The third-order valence-electron chi connectivity index (χ3n) is 4.18. The van der Waals surface area contributed by atoms with Crippen LogP contribution in [0.25, 0.3) is 11.0 Å². The lowest BCUT2D eigenvalue weighted by Crippen LogP contribution is -2.27. The first-order valence-electron chi connectivity index (χ1n) is 8.88. The first-order valence-corrected chi connectivity index (χ1v) is 9.26. The van der Waals surface area contributed by atoms with E-state index in [1.54, 1.807) is 25.1 Å². The highest BCUT2D eigenvalue weighted by molar-refractivity contribution is 6.31. The quantitative estimate of drug-likeness (QED) is 0.513. The summed E-state index contributed by atoms with van der Waals surface area (Å²) in [5.74, 6) is -0.535. The molecule has 0 atom stereocenters. The summed E-state index contributed by atoms with van der Waals surface area (Å²) in [5, 5.41) is 2.60. The number of hydrogen-bond donors (Lipinski definition) is 3. The molecule has 0 aliphatic heterocycles. The van der Waals surface area contributed by atoms with E-state index in [4.69, 9.17) is 27.8 Å². The number of nitrogens with two attached hydrogens (primary N) is 2. The Hall–Kier alpha value is -3.40. The van der Waals surface area contributed by atoms with E-state index in [9.17, 15) is 9.59 Å². The smallest absolute Gasteiger partial charge is 0.338 e. The topological polar surface area (TPSA) is 151 Å². The summed E-state index contributed by atoms with van der Waals surface area (Å²) in [6.07, 6.45) is 0. The number of carbonyl (C=O) groups is 2. The Morgan fingerprint density at radius 3 is 2.62 bits per heavy atom. The minimum atomic E-state index is -0.557. The van der Waals surface area contributed by atoms with Crippen LogP contribution in [-0.2, 0) is 17.8 Å². The Labute approximate surface area is 171 Å². The summed E-state index contributed by atoms with van der Waals surface area (Å²) in [6, 6.07) is 5.14. The summed E-state index contributed by atoms with van der Waals surface area (Å²) in [4.78, 5) is 36.6. The summed E-state index contributed by atoms with van der Waals surface area (Å²) >= 11 is 5.82. The molecule has 0 aliphatic rings. The number of anilines is 2. The molecule has 3 aromatic rings. The van der Waals surface area contributed by atoms with Crippen molar-refractivity contribution in [1.29, 1.82) is 0 Å². The van der Waals surface area contributed by atoms with Crippen LogP contribution in [0.2, 0.25) is 5.15 Å². The Morgan fingerprint density at radius 2 is 1.93 bits per heavy atom. The molecule has 152 valence electrons. The van der Waals surface area contributed by atoms with Crippen LogP contribution in [0, 0.1) is 0 Å². The molecule has 5 N–H and O–H groups in total. The summed E-state index contributed by atoms with van der Waals surface area (Å²) in [7, 11) is 0. The van der Waals surface area contributed by atoms with Gasteiger partial charge in [-0.15, -0.1) is 0 Å². The molecule has 0 fully saturated rings. The lowest BCUT2D eigenvalue weighted by molar-refractivity contribution is 0.0526. The summed E-state index contributed by atoms with van der Waals surface area (Å²) < 4.78 is 6.95. The normalized spacial score (nSPS) is 10.9. The molecule has 1 amide bonds. The van der Waals surface area contributed by atoms with Gasteiger partial charge in [0.25, 0.3) is 5.91 Å². The van der Waals surface area contributed by atoms with Crippen LogP contribution in [0.5, 0.6) is 0 Å². The highest BCUT2D eigenvalue weighted by atomic mass is 35.5. The number of nitrogens with one attached hydrogen (secondary N) is 1. The van der Waals surface area contributed by atoms with E-state index in [-0.39, 0.29) is 29.0 Å². The van der Waals surface area contributed by atoms with Crippen molar-refractivity contribution in [2.24, 2.45) is 0 Å². The van der Waals surface area contributed by atoms with Crippen molar-refractivity contribution in [3.05, 3.63) is 40.4 Å². The van der Waals surface area contributed by atoms with Gasteiger partial charge in [0.15, 0.2) is 22.5 Å². The number of imidazole rings is 1. The number of ether oxygens (including phenoxy) is 1. The average Bonchev–Trinajstić information content (AvgIpc) is 3.05. The first-order chi connectivity index (χ1) is 13.8. The van der Waals surface area contributed by atoms with Crippen molar-refractivity contribution in [2.75, 3.05) is 18.1 Å². The van der Waals surface area contributed by atoms with Crippen molar-refractivity contribution in [2.45, 2.75) is 26.9 Å². The molecule has 29 heavy (non-hydrogen) atoms. The zero-order valence-corrected chi connectivity index (χ0v) is 16.7. The minimum absolute atomic E-state index is 0.0501.